The molecule has 7 aromatic carbocycles. The summed E-state index contributed by atoms with van der Waals surface area (Å²) in [6.07, 6.45) is 10.0. The molecule has 0 saturated carbocycles. The van der Waals surface area contributed by atoms with Gasteiger partial charge >= 0.3 is 0 Å². The zero-order valence-electron chi connectivity index (χ0n) is 32.3. The molecule has 1 atom stereocenters. The van der Waals surface area contributed by atoms with Crippen LogP contribution in [-0.2, 0) is 6.42 Å². The summed E-state index contributed by atoms with van der Waals surface area (Å²) < 4.78 is 2.28. The van der Waals surface area contributed by atoms with Crippen LogP contribution >= 0.6 is 0 Å². The summed E-state index contributed by atoms with van der Waals surface area (Å²) in [7, 11) is 0. The van der Waals surface area contributed by atoms with Crippen molar-refractivity contribution in [3.05, 3.63) is 193 Å². The van der Waals surface area contributed by atoms with Crippen molar-refractivity contribution in [2.75, 3.05) is 4.90 Å². The minimum atomic E-state index is 0.267. The predicted molar refractivity (Wildman–Crippen MR) is 238 cm³/mol. The molecule has 0 saturated heterocycles. The van der Waals surface area contributed by atoms with E-state index in [4.69, 9.17) is 0 Å². The van der Waals surface area contributed by atoms with Gasteiger partial charge in [0.15, 0.2) is 0 Å². The van der Waals surface area contributed by atoms with Crippen LogP contribution in [0, 0.1) is 12.8 Å². The molecule has 1 aliphatic rings. The fourth-order valence-corrected chi connectivity index (χ4v) is 8.45. The van der Waals surface area contributed by atoms with E-state index in [0.717, 1.165) is 69.3 Å². The first-order chi connectivity index (χ1) is 27.5. The molecule has 1 heterocycles. The number of allylic oxidation sites excluding steroid dienone is 4. The molecule has 274 valence electrons. The number of phenols is 1. The first-order valence-electron chi connectivity index (χ1n) is 19.9. The Labute approximate surface area is 330 Å². The molecular formula is C53H46N2O. The zero-order chi connectivity index (χ0) is 38.2. The second-order valence-electron chi connectivity index (χ2n) is 15.1. The maximum Gasteiger partial charge on any atom is 0.116 e. The smallest absolute Gasteiger partial charge is 0.116 e. The van der Waals surface area contributed by atoms with Crippen molar-refractivity contribution >= 4 is 44.4 Å². The van der Waals surface area contributed by atoms with Crippen molar-refractivity contribution < 1.29 is 5.11 Å². The van der Waals surface area contributed by atoms with Crippen LogP contribution < -0.4 is 4.90 Å². The standard InChI is InChI=1S/C53H46N2O/c1-4-11-48-47(46-15-9-8-12-37(46)3)16-10-17-51(48)54(43-27-22-39(23-28-43)38-20-18-36(2)19-21-38)44-29-24-40(25-30-44)41-26-32-52-49(34-41)50-35-45(56)31-33-53(50)55(52)42-13-6-5-7-14-42/h5-10,12-18,20-36,56H,4,11,19H2,1-3H3. The Morgan fingerprint density at radius 2 is 1.29 bits per heavy atom. The van der Waals surface area contributed by atoms with Gasteiger partial charge < -0.3 is 14.6 Å². The summed E-state index contributed by atoms with van der Waals surface area (Å²) >= 11 is 0. The largest absolute Gasteiger partial charge is 0.508 e. The number of aryl methyl sites for hydroxylation is 1. The van der Waals surface area contributed by atoms with E-state index in [0.29, 0.717) is 5.92 Å². The molecule has 0 aliphatic heterocycles. The van der Waals surface area contributed by atoms with Crippen LogP contribution in [-0.4, -0.2) is 9.67 Å². The summed E-state index contributed by atoms with van der Waals surface area (Å²) in [6.45, 7) is 6.75. The lowest BCUT2D eigenvalue weighted by Crippen LogP contribution is -2.13. The lowest BCUT2D eigenvalue weighted by atomic mass is 9.91. The molecule has 56 heavy (non-hydrogen) atoms. The summed E-state index contributed by atoms with van der Waals surface area (Å²) in [5.74, 6) is 0.849. The van der Waals surface area contributed by atoms with Gasteiger partial charge in [0, 0.05) is 33.5 Å². The number of phenolic OH excluding ortho intramolecular Hbond substituents is 1. The molecule has 0 bridgehead atoms. The molecule has 8 aromatic rings. The third kappa shape index (κ3) is 6.50. The van der Waals surface area contributed by atoms with E-state index in [2.05, 4.69) is 182 Å². The van der Waals surface area contributed by atoms with Crippen LogP contribution in [0.2, 0.25) is 0 Å². The van der Waals surface area contributed by atoms with E-state index in [9.17, 15) is 5.11 Å². The highest BCUT2D eigenvalue weighted by Gasteiger charge is 2.21. The highest BCUT2D eigenvalue weighted by Crippen LogP contribution is 2.43. The number of anilines is 3. The number of hydrogen-bond acceptors (Lipinski definition) is 2. The first kappa shape index (κ1) is 35.1. The van der Waals surface area contributed by atoms with E-state index >= 15 is 0 Å². The van der Waals surface area contributed by atoms with Crippen LogP contribution in [0.25, 0.3) is 55.3 Å². The third-order valence-electron chi connectivity index (χ3n) is 11.3. The number of benzene rings is 7. The Morgan fingerprint density at radius 3 is 1.98 bits per heavy atom. The topological polar surface area (TPSA) is 28.4 Å². The van der Waals surface area contributed by atoms with Crippen molar-refractivity contribution in [2.45, 2.75) is 40.0 Å². The number of hydrogen-bond donors (Lipinski definition) is 1. The van der Waals surface area contributed by atoms with E-state index in [1.807, 2.05) is 18.2 Å². The minimum absolute atomic E-state index is 0.267. The number of rotatable bonds is 9. The van der Waals surface area contributed by atoms with Crippen molar-refractivity contribution in [3.63, 3.8) is 0 Å². The molecule has 1 aliphatic carbocycles. The number of aromatic hydroxyl groups is 1. The highest BCUT2D eigenvalue weighted by molar-refractivity contribution is 6.11. The van der Waals surface area contributed by atoms with Gasteiger partial charge in [-0.25, -0.2) is 0 Å². The average molecular weight is 727 g/mol. The molecule has 3 heteroatoms. The highest BCUT2D eigenvalue weighted by atomic mass is 16.3. The van der Waals surface area contributed by atoms with Crippen molar-refractivity contribution in [2.24, 2.45) is 5.92 Å². The second-order valence-corrected chi connectivity index (χ2v) is 15.1. The Balaban J connectivity index is 1.16. The van der Waals surface area contributed by atoms with E-state index in [1.165, 1.54) is 39.1 Å². The van der Waals surface area contributed by atoms with Gasteiger partial charge in [-0.3, -0.25) is 0 Å². The summed E-state index contributed by atoms with van der Waals surface area (Å²) in [5.41, 5.74) is 16.7. The Hall–Kier alpha value is -6.58. The lowest BCUT2D eigenvalue weighted by molar-refractivity contribution is 0.476. The SMILES string of the molecule is CCCc1c(-c2ccccc2C)cccc1N(c1ccc(C2=CCC(C)C=C2)cc1)c1ccc(-c2ccc3c(c2)c2cc(O)ccc2n3-c2ccccc2)cc1. The van der Waals surface area contributed by atoms with Crippen molar-refractivity contribution in [1.29, 1.82) is 0 Å². The van der Waals surface area contributed by atoms with Crippen LogP contribution in [0.3, 0.4) is 0 Å². The number of nitrogens with zero attached hydrogens (tertiary/aromatic N) is 2. The fraction of sp³-hybridized carbons (Fsp3) is 0.132. The molecule has 1 unspecified atom stereocenters. The normalized spacial score (nSPS) is 14.0. The van der Waals surface area contributed by atoms with Gasteiger partial charge in [-0.15, -0.1) is 0 Å². The molecule has 0 radical (unpaired) electrons. The van der Waals surface area contributed by atoms with Crippen LogP contribution in [0.4, 0.5) is 17.1 Å². The number of para-hydroxylation sites is 1. The molecule has 0 spiro atoms. The molecule has 1 N–H and O–H groups in total. The second kappa shape index (κ2) is 14.9. The van der Waals surface area contributed by atoms with Crippen LogP contribution in [0.5, 0.6) is 5.75 Å². The lowest BCUT2D eigenvalue weighted by Gasteiger charge is -2.29. The van der Waals surface area contributed by atoms with E-state index in [-0.39, 0.29) is 5.75 Å². The maximum atomic E-state index is 10.5. The van der Waals surface area contributed by atoms with Gasteiger partial charge in [0.25, 0.3) is 0 Å². The average Bonchev–Trinajstić information content (AvgIpc) is 3.55. The summed E-state index contributed by atoms with van der Waals surface area (Å²) in [4.78, 5) is 2.44. The molecule has 3 nitrogen and oxygen atoms in total. The third-order valence-corrected chi connectivity index (χ3v) is 11.3. The van der Waals surface area contributed by atoms with E-state index in [1.54, 1.807) is 6.07 Å². The molecule has 0 fully saturated rings. The Morgan fingerprint density at radius 1 is 0.643 bits per heavy atom. The molecule has 0 amide bonds. The van der Waals surface area contributed by atoms with Gasteiger partial charge in [-0.05, 0) is 143 Å². The Kier molecular flexibility index (Phi) is 9.36. The van der Waals surface area contributed by atoms with Crippen molar-refractivity contribution in [3.8, 4) is 33.7 Å². The van der Waals surface area contributed by atoms with Gasteiger partial charge in [0.05, 0.1) is 11.0 Å². The van der Waals surface area contributed by atoms with Crippen LogP contribution in [0.1, 0.15) is 43.4 Å². The first-order valence-corrected chi connectivity index (χ1v) is 19.9. The summed E-state index contributed by atoms with van der Waals surface area (Å²) in [6, 6.07) is 56.4. The van der Waals surface area contributed by atoms with Gasteiger partial charge in [0.2, 0.25) is 0 Å². The predicted octanol–water partition coefficient (Wildman–Crippen LogP) is 14.5. The minimum Gasteiger partial charge on any atom is -0.508 e. The van der Waals surface area contributed by atoms with Crippen LogP contribution in [0.15, 0.2) is 176 Å². The van der Waals surface area contributed by atoms with Gasteiger partial charge in [-0.2, -0.15) is 0 Å². The molecule has 9 rings (SSSR count). The Bertz CT molecular complexity index is 2750. The molecule has 1 aromatic heterocycles. The van der Waals surface area contributed by atoms with Gasteiger partial charge in [0.1, 0.15) is 5.75 Å². The zero-order valence-corrected chi connectivity index (χ0v) is 32.3. The van der Waals surface area contributed by atoms with E-state index < -0.39 is 0 Å². The van der Waals surface area contributed by atoms with Gasteiger partial charge in [-0.1, -0.05) is 123 Å². The monoisotopic (exact) mass is 726 g/mol. The van der Waals surface area contributed by atoms with Crippen molar-refractivity contribution in [1.82, 2.24) is 4.57 Å². The fourth-order valence-electron chi connectivity index (χ4n) is 8.45. The molecular weight excluding hydrogens is 681 g/mol. The maximum absolute atomic E-state index is 10.5. The summed E-state index contributed by atoms with van der Waals surface area (Å²) in [5, 5.41) is 12.7. The quantitative estimate of drug-likeness (QED) is 0.160. The number of fused-ring (bicyclic) bond motifs is 3. The number of aromatic nitrogens is 1.